The number of anilines is 1. The monoisotopic (exact) mass is 271 g/mol. The summed E-state index contributed by atoms with van der Waals surface area (Å²) in [6.07, 6.45) is 0. The second-order valence-corrected chi connectivity index (χ2v) is 4.35. The minimum Gasteiger partial charge on any atom is -0.303 e. The van der Waals surface area contributed by atoms with Crippen LogP contribution in [0.3, 0.4) is 0 Å². The van der Waals surface area contributed by atoms with Gasteiger partial charge in [0.15, 0.2) is 0 Å². The van der Waals surface area contributed by atoms with Gasteiger partial charge in [0.25, 0.3) is 0 Å². The van der Waals surface area contributed by atoms with Gasteiger partial charge >= 0.3 is 0 Å². The molecular weight excluding hydrogens is 261 g/mol. The fraction of sp³-hybridized carbons (Fsp3) is 0.273. The summed E-state index contributed by atoms with van der Waals surface area (Å²) in [6.45, 7) is 2.90. The van der Waals surface area contributed by atoms with Gasteiger partial charge in [0, 0.05) is 16.3 Å². The lowest BCUT2D eigenvalue weighted by Crippen LogP contribution is -2.33. The van der Waals surface area contributed by atoms with E-state index in [0.29, 0.717) is 19.0 Å². The zero-order chi connectivity index (χ0) is 11.3. The molecule has 0 bridgehead atoms. The van der Waals surface area contributed by atoms with Crippen molar-refractivity contribution in [3.8, 4) is 0 Å². The first-order valence-electron chi connectivity index (χ1n) is 5.06. The first-order chi connectivity index (χ1) is 7.66. The SMILES string of the molecule is Cc1c(Cl)ccc2c1CN=C1NC(=O)CN12.Cl. The van der Waals surface area contributed by atoms with Gasteiger partial charge in [0.1, 0.15) is 6.54 Å². The largest absolute Gasteiger partial charge is 0.303 e. The molecule has 6 heteroatoms. The van der Waals surface area contributed by atoms with E-state index >= 15 is 0 Å². The highest BCUT2D eigenvalue weighted by Crippen LogP contribution is 2.33. The minimum absolute atomic E-state index is 0. The Balaban J connectivity index is 0.00000108. The number of hydrogen-bond donors (Lipinski definition) is 1. The minimum atomic E-state index is -0.0146. The van der Waals surface area contributed by atoms with Crippen molar-refractivity contribution in [3.63, 3.8) is 0 Å². The number of amides is 1. The Morgan fingerprint density at radius 1 is 1.47 bits per heavy atom. The van der Waals surface area contributed by atoms with Crippen LogP contribution < -0.4 is 10.2 Å². The molecule has 1 amide bonds. The molecule has 0 unspecified atom stereocenters. The zero-order valence-electron chi connectivity index (χ0n) is 9.16. The van der Waals surface area contributed by atoms with Crippen molar-refractivity contribution in [1.82, 2.24) is 5.32 Å². The summed E-state index contributed by atoms with van der Waals surface area (Å²) in [7, 11) is 0. The summed E-state index contributed by atoms with van der Waals surface area (Å²) in [4.78, 5) is 17.5. The Bertz CT molecular complexity index is 528. The van der Waals surface area contributed by atoms with Gasteiger partial charge < -0.3 is 4.90 Å². The van der Waals surface area contributed by atoms with Gasteiger partial charge in [0.05, 0.1) is 6.54 Å². The number of nitrogens with one attached hydrogen (secondary N) is 1. The molecule has 2 aliphatic heterocycles. The van der Waals surface area contributed by atoms with E-state index in [4.69, 9.17) is 11.6 Å². The molecule has 90 valence electrons. The predicted molar refractivity (Wildman–Crippen MR) is 70.1 cm³/mol. The molecule has 0 aliphatic carbocycles. The third-order valence-electron chi connectivity index (χ3n) is 2.99. The van der Waals surface area contributed by atoms with Gasteiger partial charge in [-0.2, -0.15) is 0 Å². The third-order valence-corrected chi connectivity index (χ3v) is 3.40. The molecule has 0 atom stereocenters. The molecule has 0 saturated carbocycles. The predicted octanol–water partition coefficient (Wildman–Crippen LogP) is 1.88. The summed E-state index contributed by atoms with van der Waals surface area (Å²) in [5, 5.41) is 3.48. The maximum atomic E-state index is 11.3. The van der Waals surface area contributed by atoms with Gasteiger partial charge in [0.2, 0.25) is 11.9 Å². The van der Waals surface area contributed by atoms with Crippen LogP contribution in [-0.2, 0) is 11.3 Å². The zero-order valence-corrected chi connectivity index (χ0v) is 10.7. The van der Waals surface area contributed by atoms with Crippen LogP contribution in [0.4, 0.5) is 5.69 Å². The van der Waals surface area contributed by atoms with Crippen molar-refractivity contribution in [1.29, 1.82) is 0 Å². The summed E-state index contributed by atoms with van der Waals surface area (Å²) in [5.74, 6) is 0.637. The first-order valence-corrected chi connectivity index (χ1v) is 5.44. The summed E-state index contributed by atoms with van der Waals surface area (Å²) in [6, 6.07) is 3.81. The number of carbonyl (C=O) groups excluding carboxylic acids is 1. The van der Waals surface area contributed by atoms with Gasteiger partial charge in [-0.15, -0.1) is 12.4 Å². The van der Waals surface area contributed by atoms with E-state index < -0.39 is 0 Å². The topological polar surface area (TPSA) is 44.7 Å². The molecule has 1 aromatic carbocycles. The molecule has 1 aromatic rings. The number of fused-ring (bicyclic) bond motifs is 3. The van der Waals surface area contributed by atoms with E-state index in [1.54, 1.807) is 0 Å². The normalized spacial score (nSPS) is 16.7. The van der Waals surface area contributed by atoms with E-state index in [-0.39, 0.29) is 18.3 Å². The van der Waals surface area contributed by atoms with E-state index in [9.17, 15) is 4.79 Å². The number of rotatable bonds is 0. The molecule has 1 N–H and O–H groups in total. The van der Waals surface area contributed by atoms with Crippen LogP contribution >= 0.6 is 24.0 Å². The van der Waals surface area contributed by atoms with Crippen molar-refractivity contribution in [2.75, 3.05) is 11.4 Å². The van der Waals surface area contributed by atoms with Crippen LogP contribution in [0.15, 0.2) is 17.1 Å². The number of guanidine groups is 1. The number of benzene rings is 1. The van der Waals surface area contributed by atoms with Crippen molar-refractivity contribution < 1.29 is 4.79 Å². The molecule has 1 saturated heterocycles. The summed E-state index contributed by atoms with van der Waals surface area (Å²) >= 11 is 6.07. The van der Waals surface area contributed by atoms with Crippen molar-refractivity contribution in [3.05, 3.63) is 28.3 Å². The summed E-state index contributed by atoms with van der Waals surface area (Å²) < 4.78 is 0. The van der Waals surface area contributed by atoms with E-state index in [1.165, 1.54) is 0 Å². The Kier molecular flexibility index (Phi) is 3.02. The highest BCUT2D eigenvalue weighted by molar-refractivity contribution is 6.31. The highest BCUT2D eigenvalue weighted by Gasteiger charge is 2.31. The molecule has 2 aliphatic rings. The Morgan fingerprint density at radius 2 is 2.24 bits per heavy atom. The van der Waals surface area contributed by atoms with E-state index in [0.717, 1.165) is 21.8 Å². The van der Waals surface area contributed by atoms with E-state index in [1.807, 2.05) is 24.0 Å². The van der Waals surface area contributed by atoms with Gasteiger partial charge in [-0.05, 0) is 24.6 Å². The number of hydrogen-bond acceptors (Lipinski definition) is 3. The molecule has 17 heavy (non-hydrogen) atoms. The first kappa shape index (κ1) is 12.2. The number of nitrogens with zero attached hydrogens (tertiary/aromatic N) is 2. The maximum absolute atomic E-state index is 11.3. The fourth-order valence-corrected chi connectivity index (χ4v) is 2.27. The molecule has 0 aromatic heterocycles. The average Bonchev–Trinajstić information content (AvgIpc) is 2.63. The Morgan fingerprint density at radius 3 is 3.00 bits per heavy atom. The molecule has 3 rings (SSSR count). The quantitative estimate of drug-likeness (QED) is 0.783. The van der Waals surface area contributed by atoms with Crippen molar-refractivity contribution >= 4 is 41.6 Å². The lowest BCUT2D eigenvalue weighted by atomic mass is 10.0. The number of carbonyl (C=O) groups is 1. The van der Waals surface area contributed by atoms with E-state index in [2.05, 4.69) is 10.3 Å². The van der Waals surface area contributed by atoms with Gasteiger partial charge in [-0.25, -0.2) is 4.99 Å². The third kappa shape index (κ3) is 1.77. The standard InChI is InChI=1S/C11H10ClN3O.ClH/c1-6-7-4-13-11-14-10(16)5-15(11)9(7)3-2-8(6)12;/h2-3H,4-5H2,1H3,(H,13,14,16);1H. The second kappa shape index (κ2) is 4.20. The molecule has 0 radical (unpaired) electrons. The molecule has 0 spiro atoms. The maximum Gasteiger partial charge on any atom is 0.246 e. The molecule has 4 nitrogen and oxygen atoms in total. The van der Waals surface area contributed by atoms with Crippen LogP contribution in [0.2, 0.25) is 5.02 Å². The van der Waals surface area contributed by atoms with Crippen LogP contribution in [-0.4, -0.2) is 18.4 Å². The van der Waals surface area contributed by atoms with Crippen LogP contribution in [0.5, 0.6) is 0 Å². The Hall–Kier alpha value is -1.26. The fourth-order valence-electron chi connectivity index (χ4n) is 2.09. The second-order valence-electron chi connectivity index (χ2n) is 3.94. The van der Waals surface area contributed by atoms with Crippen LogP contribution in [0.1, 0.15) is 11.1 Å². The van der Waals surface area contributed by atoms with Gasteiger partial charge in [-0.3, -0.25) is 10.1 Å². The van der Waals surface area contributed by atoms with Crippen LogP contribution in [0, 0.1) is 6.92 Å². The lowest BCUT2D eigenvalue weighted by Gasteiger charge is -2.25. The molecule has 2 heterocycles. The van der Waals surface area contributed by atoms with Crippen LogP contribution in [0.25, 0.3) is 0 Å². The molecule has 1 fully saturated rings. The van der Waals surface area contributed by atoms with Crippen molar-refractivity contribution in [2.24, 2.45) is 4.99 Å². The average molecular weight is 272 g/mol. The number of aliphatic imine (C=N–C) groups is 1. The van der Waals surface area contributed by atoms with Crippen molar-refractivity contribution in [2.45, 2.75) is 13.5 Å². The molecular formula is C11H11Cl2N3O. The highest BCUT2D eigenvalue weighted by atomic mass is 35.5. The lowest BCUT2D eigenvalue weighted by molar-refractivity contribution is -0.117. The Labute approximate surface area is 110 Å². The smallest absolute Gasteiger partial charge is 0.246 e. The van der Waals surface area contributed by atoms with Gasteiger partial charge in [-0.1, -0.05) is 11.6 Å². The number of halogens is 2. The summed E-state index contributed by atoms with van der Waals surface area (Å²) in [5.41, 5.74) is 3.18.